The molecule has 0 aliphatic carbocycles. The molecule has 40 heavy (non-hydrogen) atoms. The molecule has 1 fully saturated rings. The normalized spacial score (nSPS) is 16.2. The number of aryl methyl sites for hydroxylation is 1. The molecule has 3 heterocycles. The molecule has 0 unspecified atom stereocenters. The predicted octanol–water partition coefficient (Wildman–Crippen LogP) is 4.19. The SMILES string of the molecule is COCCCn1c([C@@H]2CCCN(C(=O)C[C@H](N)CNC(=O)c3ccc(-c4ccccc4)o3)C2)nc2ccccc21. The fourth-order valence-corrected chi connectivity index (χ4v) is 5.38. The number of carbonyl (C=O) groups excluding carboxylic acids is 2. The molecule has 0 saturated carbocycles. The number of nitrogens with two attached hydrogens (primary N) is 1. The lowest BCUT2D eigenvalue weighted by molar-refractivity contribution is -0.132. The van der Waals surface area contributed by atoms with Crippen LogP contribution in [0.3, 0.4) is 0 Å². The first-order valence-electron chi connectivity index (χ1n) is 13.9. The molecule has 0 radical (unpaired) electrons. The second kappa shape index (κ2) is 12.9. The smallest absolute Gasteiger partial charge is 0.287 e. The lowest BCUT2D eigenvalue weighted by atomic mass is 9.96. The van der Waals surface area contributed by atoms with Crippen LogP contribution in [0.25, 0.3) is 22.4 Å². The summed E-state index contributed by atoms with van der Waals surface area (Å²) in [5, 5.41) is 2.80. The minimum atomic E-state index is -0.501. The number of rotatable bonds is 11. The highest BCUT2D eigenvalue weighted by atomic mass is 16.5. The summed E-state index contributed by atoms with van der Waals surface area (Å²) in [5.41, 5.74) is 9.26. The van der Waals surface area contributed by atoms with E-state index in [-0.39, 0.29) is 36.5 Å². The maximum absolute atomic E-state index is 13.2. The summed E-state index contributed by atoms with van der Waals surface area (Å²) in [6, 6.07) is 20.7. The Labute approximate surface area is 234 Å². The number of amides is 2. The van der Waals surface area contributed by atoms with Crippen molar-refractivity contribution in [2.75, 3.05) is 33.4 Å². The average molecular weight is 544 g/mol. The van der Waals surface area contributed by atoms with Crippen molar-refractivity contribution >= 4 is 22.8 Å². The first-order chi connectivity index (χ1) is 19.5. The monoisotopic (exact) mass is 543 g/mol. The number of nitrogens with one attached hydrogen (secondary N) is 1. The highest BCUT2D eigenvalue weighted by molar-refractivity contribution is 5.92. The van der Waals surface area contributed by atoms with Crippen LogP contribution in [0.2, 0.25) is 0 Å². The minimum absolute atomic E-state index is 0.00199. The first kappa shape index (κ1) is 27.6. The van der Waals surface area contributed by atoms with Crippen molar-refractivity contribution < 1.29 is 18.7 Å². The van der Waals surface area contributed by atoms with Gasteiger partial charge in [-0.25, -0.2) is 4.98 Å². The Morgan fingerprint density at radius 1 is 1.12 bits per heavy atom. The third-order valence-corrected chi connectivity index (χ3v) is 7.40. The number of hydrogen-bond acceptors (Lipinski definition) is 6. The number of para-hydroxylation sites is 2. The summed E-state index contributed by atoms with van der Waals surface area (Å²) in [5.74, 6) is 1.66. The molecular weight excluding hydrogens is 506 g/mol. The number of fused-ring (bicyclic) bond motifs is 1. The minimum Gasteiger partial charge on any atom is -0.451 e. The van der Waals surface area contributed by atoms with Crippen LogP contribution in [0.4, 0.5) is 0 Å². The van der Waals surface area contributed by atoms with Crippen molar-refractivity contribution in [1.82, 2.24) is 19.8 Å². The molecule has 2 aromatic heterocycles. The second-order valence-corrected chi connectivity index (χ2v) is 10.3. The van der Waals surface area contributed by atoms with Crippen LogP contribution in [0, 0.1) is 0 Å². The fourth-order valence-electron chi connectivity index (χ4n) is 5.38. The molecule has 4 aromatic rings. The van der Waals surface area contributed by atoms with Crippen LogP contribution in [-0.4, -0.2) is 65.7 Å². The largest absolute Gasteiger partial charge is 0.451 e. The molecule has 0 spiro atoms. The maximum atomic E-state index is 13.2. The van der Waals surface area contributed by atoms with Crippen LogP contribution in [0.1, 0.15) is 48.0 Å². The topological polar surface area (TPSA) is 116 Å². The maximum Gasteiger partial charge on any atom is 0.287 e. The number of likely N-dealkylation sites (tertiary alicyclic amines) is 1. The zero-order valence-electron chi connectivity index (χ0n) is 22.9. The second-order valence-electron chi connectivity index (χ2n) is 10.3. The number of benzene rings is 2. The van der Waals surface area contributed by atoms with Crippen molar-refractivity contribution in [2.45, 2.75) is 44.2 Å². The van der Waals surface area contributed by atoms with E-state index in [2.05, 4.69) is 16.0 Å². The molecule has 2 atom stereocenters. The fraction of sp³-hybridized carbons (Fsp3) is 0.387. The van der Waals surface area contributed by atoms with E-state index in [1.807, 2.05) is 53.4 Å². The van der Waals surface area contributed by atoms with Gasteiger partial charge in [0.05, 0.1) is 11.0 Å². The van der Waals surface area contributed by atoms with Crippen LogP contribution in [-0.2, 0) is 16.1 Å². The van der Waals surface area contributed by atoms with Gasteiger partial charge in [0, 0.05) is 63.8 Å². The Kier molecular flexibility index (Phi) is 8.93. The molecule has 0 bridgehead atoms. The summed E-state index contributed by atoms with van der Waals surface area (Å²) < 4.78 is 13.3. The number of imidazole rings is 1. The number of hydrogen-bond donors (Lipinski definition) is 2. The van der Waals surface area contributed by atoms with Crippen LogP contribution in [0.5, 0.6) is 0 Å². The van der Waals surface area contributed by atoms with Gasteiger partial charge in [-0.1, -0.05) is 42.5 Å². The van der Waals surface area contributed by atoms with Crippen molar-refractivity contribution in [2.24, 2.45) is 5.73 Å². The van der Waals surface area contributed by atoms with Gasteiger partial charge in [-0.05, 0) is 43.5 Å². The molecule has 1 saturated heterocycles. The van der Waals surface area contributed by atoms with Crippen molar-refractivity contribution in [1.29, 1.82) is 0 Å². The Bertz CT molecular complexity index is 1430. The Morgan fingerprint density at radius 2 is 1.93 bits per heavy atom. The number of methoxy groups -OCH3 is 1. The summed E-state index contributed by atoms with van der Waals surface area (Å²) in [6.45, 7) is 3.00. The third kappa shape index (κ3) is 6.43. The number of piperidine rings is 1. The van der Waals surface area contributed by atoms with Gasteiger partial charge in [-0.15, -0.1) is 0 Å². The Hall–Kier alpha value is -3.95. The van der Waals surface area contributed by atoms with Crippen LogP contribution in [0.15, 0.2) is 71.1 Å². The molecule has 2 aromatic carbocycles. The zero-order chi connectivity index (χ0) is 27.9. The number of furan rings is 1. The summed E-state index contributed by atoms with van der Waals surface area (Å²) >= 11 is 0. The number of aromatic nitrogens is 2. The zero-order valence-corrected chi connectivity index (χ0v) is 22.9. The predicted molar refractivity (Wildman–Crippen MR) is 154 cm³/mol. The molecule has 210 valence electrons. The van der Waals surface area contributed by atoms with Gasteiger partial charge >= 0.3 is 0 Å². The van der Waals surface area contributed by atoms with Gasteiger partial charge in [-0.2, -0.15) is 0 Å². The first-order valence-corrected chi connectivity index (χ1v) is 13.9. The van der Waals surface area contributed by atoms with Gasteiger partial charge in [0.25, 0.3) is 5.91 Å². The number of carbonyl (C=O) groups is 2. The lowest BCUT2D eigenvalue weighted by Gasteiger charge is -2.33. The molecule has 3 N–H and O–H groups in total. The quantitative estimate of drug-likeness (QED) is 0.274. The number of ether oxygens (including phenoxy) is 1. The van der Waals surface area contributed by atoms with E-state index < -0.39 is 6.04 Å². The van der Waals surface area contributed by atoms with E-state index >= 15 is 0 Å². The molecule has 1 aliphatic rings. The van der Waals surface area contributed by atoms with Crippen molar-refractivity contribution in [3.63, 3.8) is 0 Å². The molecule has 1 aliphatic heterocycles. The van der Waals surface area contributed by atoms with Crippen molar-refractivity contribution in [3.8, 4) is 11.3 Å². The number of nitrogens with zero attached hydrogens (tertiary/aromatic N) is 3. The van der Waals surface area contributed by atoms with E-state index in [0.29, 0.717) is 25.5 Å². The van der Waals surface area contributed by atoms with E-state index in [0.717, 1.165) is 48.2 Å². The highest BCUT2D eigenvalue weighted by Gasteiger charge is 2.29. The standard InChI is InChI=1S/C31H37N5O4/c1-39-18-8-17-36-26-13-6-5-12-25(26)34-30(36)23-11-7-16-35(21-23)29(37)19-24(32)20-33-31(38)28-15-14-27(40-28)22-9-3-2-4-10-22/h2-6,9-10,12-15,23-24H,7-8,11,16-21,32H2,1H3,(H,33,38)/t23-,24+/m1/s1. The third-order valence-electron chi connectivity index (χ3n) is 7.40. The summed E-state index contributed by atoms with van der Waals surface area (Å²) in [4.78, 5) is 32.7. The van der Waals surface area contributed by atoms with Gasteiger partial charge in [-0.3, -0.25) is 9.59 Å². The summed E-state index contributed by atoms with van der Waals surface area (Å²) in [7, 11) is 1.71. The van der Waals surface area contributed by atoms with Crippen LogP contribution >= 0.6 is 0 Å². The lowest BCUT2D eigenvalue weighted by Crippen LogP contribution is -2.45. The molecule has 9 nitrogen and oxygen atoms in total. The van der Waals surface area contributed by atoms with Crippen molar-refractivity contribution in [3.05, 3.63) is 78.3 Å². The van der Waals surface area contributed by atoms with E-state index in [4.69, 9.17) is 19.9 Å². The van der Waals surface area contributed by atoms with Crippen LogP contribution < -0.4 is 11.1 Å². The van der Waals surface area contributed by atoms with E-state index in [1.54, 1.807) is 19.2 Å². The van der Waals surface area contributed by atoms with Gasteiger partial charge in [0.2, 0.25) is 5.91 Å². The molecular formula is C31H37N5O4. The Morgan fingerprint density at radius 3 is 2.75 bits per heavy atom. The molecule has 2 amide bonds. The average Bonchev–Trinajstić information content (AvgIpc) is 3.63. The summed E-state index contributed by atoms with van der Waals surface area (Å²) in [6.07, 6.45) is 2.94. The van der Waals surface area contributed by atoms with Gasteiger partial charge < -0.3 is 29.7 Å². The highest BCUT2D eigenvalue weighted by Crippen LogP contribution is 2.30. The molecule has 9 heteroatoms. The van der Waals surface area contributed by atoms with E-state index in [1.165, 1.54) is 0 Å². The molecule has 5 rings (SSSR count). The van der Waals surface area contributed by atoms with Gasteiger partial charge in [0.1, 0.15) is 11.6 Å². The van der Waals surface area contributed by atoms with Gasteiger partial charge in [0.15, 0.2) is 5.76 Å². The van der Waals surface area contributed by atoms with E-state index in [9.17, 15) is 9.59 Å². The Balaban J connectivity index is 1.16.